The van der Waals surface area contributed by atoms with Gasteiger partial charge in [0.05, 0.1) is 26.3 Å². The van der Waals surface area contributed by atoms with Crippen LogP contribution in [-0.2, 0) is 10.1 Å². The van der Waals surface area contributed by atoms with E-state index in [0.29, 0.717) is 13.1 Å². The van der Waals surface area contributed by atoms with Gasteiger partial charge in [0.15, 0.2) is 10.1 Å². The number of nitrogens with two attached hydrogens (primary N) is 1. The van der Waals surface area contributed by atoms with Crippen LogP contribution in [0.4, 0.5) is 65.9 Å². The van der Waals surface area contributed by atoms with Crippen LogP contribution in [0.2, 0.25) is 0 Å². The molecule has 0 rings (SSSR count). The van der Waals surface area contributed by atoms with Crippen molar-refractivity contribution in [1.82, 2.24) is 0 Å². The molecule has 0 aliphatic heterocycles. The molecule has 0 aliphatic carbocycles. The highest BCUT2D eigenvalue weighted by molar-refractivity contribution is 7.86. The molecule has 22 heteroatoms. The average Bonchev–Trinajstić information content (AvgIpc) is 2.60. The second-order valence-corrected chi connectivity index (χ2v) is 7.07. The summed E-state index contributed by atoms with van der Waals surface area (Å²) in [6, 6.07) is 0. The van der Waals surface area contributed by atoms with Gasteiger partial charge in [-0.05, 0) is 0 Å². The van der Waals surface area contributed by atoms with Gasteiger partial charge in [0, 0.05) is 0 Å². The van der Waals surface area contributed by atoms with Gasteiger partial charge in [-0.15, -0.1) is 0 Å². The van der Waals surface area contributed by atoms with Crippen molar-refractivity contribution in [1.29, 1.82) is 0 Å². The van der Waals surface area contributed by atoms with E-state index >= 15 is 0 Å². The molecular formula is C11H12F15NO5S. The van der Waals surface area contributed by atoms with Crippen LogP contribution < -0.4 is 5.32 Å². The fraction of sp³-hybridized carbons (Fsp3) is 1.00. The van der Waals surface area contributed by atoms with Crippen molar-refractivity contribution >= 4 is 10.1 Å². The summed E-state index contributed by atoms with van der Waals surface area (Å²) in [5, 5.41) is 10.4. The third kappa shape index (κ3) is 5.88. The summed E-state index contributed by atoms with van der Waals surface area (Å²) in [5.74, 6) is -42.2. The summed E-state index contributed by atoms with van der Waals surface area (Å²) < 4.78 is 216. The Labute approximate surface area is 173 Å². The van der Waals surface area contributed by atoms with E-state index in [1.807, 2.05) is 5.32 Å². The van der Waals surface area contributed by atoms with Crippen LogP contribution in [0.5, 0.6) is 0 Å². The molecule has 0 aromatic carbocycles. The van der Waals surface area contributed by atoms with Gasteiger partial charge in [0.25, 0.3) is 0 Å². The average molecular weight is 555 g/mol. The second-order valence-electron chi connectivity index (χ2n) is 5.65. The lowest BCUT2D eigenvalue weighted by atomic mass is 9.94. The Hall–Kier alpha value is -1.26. The summed E-state index contributed by atoms with van der Waals surface area (Å²) in [6.45, 7) is 1.78. The molecule has 4 N–H and O–H groups in total. The number of quaternary nitrogens is 1. The molecule has 0 unspecified atom stereocenters. The third-order valence-electron chi connectivity index (χ3n) is 3.28. The molecule has 33 heavy (non-hydrogen) atoms. The Kier molecular flexibility index (Phi) is 10.4. The zero-order valence-corrected chi connectivity index (χ0v) is 15.9. The van der Waals surface area contributed by atoms with Gasteiger partial charge in [-0.3, -0.25) is 0 Å². The molecule has 0 amide bonds. The van der Waals surface area contributed by atoms with Crippen LogP contribution in [-0.4, -0.2) is 90.5 Å². The van der Waals surface area contributed by atoms with Crippen molar-refractivity contribution < 1.29 is 94.4 Å². The van der Waals surface area contributed by atoms with Crippen molar-refractivity contribution in [3.05, 3.63) is 0 Å². The molecule has 0 atom stereocenters. The smallest absolute Gasteiger partial charge is 0.460 e. The lowest BCUT2D eigenvalue weighted by molar-refractivity contribution is -0.657. The topological polar surface area (TPSA) is 114 Å². The highest BCUT2D eigenvalue weighted by Gasteiger charge is 2.94. The number of halogens is 15. The van der Waals surface area contributed by atoms with E-state index in [9.17, 15) is 78.8 Å². The number of alkyl halides is 15. The normalized spacial score (nSPS) is 15.2. The first-order valence-electron chi connectivity index (χ1n) is 7.49. The fourth-order valence-corrected chi connectivity index (χ4v) is 1.88. The van der Waals surface area contributed by atoms with Gasteiger partial charge >= 0.3 is 41.0 Å². The van der Waals surface area contributed by atoms with Gasteiger partial charge in [0.1, 0.15) is 0 Å². The standard InChI is InChI=1S/C7HF15O3S.C4H11NO2/c8-1(9,2(10,11)4(14,15)6(18,19)20)3(12,13)5(16,17)7(21,22)26(23,24)25;6-3-1-5-2-4-7/h(H,23,24,25);5-7H,1-4H2. The minimum Gasteiger partial charge on any atom is -0.743 e. The zero-order chi connectivity index (χ0) is 27.5. The van der Waals surface area contributed by atoms with E-state index in [4.69, 9.17) is 10.2 Å². The largest absolute Gasteiger partial charge is 0.743 e. The first-order chi connectivity index (χ1) is 14.2. The number of rotatable bonds is 10. The van der Waals surface area contributed by atoms with Gasteiger partial charge in [-0.2, -0.15) is 65.9 Å². The van der Waals surface area contributed by atoms with Crippen LogP contribution in [0.15, 0.2) is 0 Å². The Bertz CT molecular complexity index is 733. The third-order valence-corrected chi connectivity index (χ3v) is 4.16. The van der Waals surface area contributed by atoms with Gasteiger partial charge in [-0.25, -0.2) is 8.42 Å². The molecule has 0 heterocycles. The number of aliphatic hydroxyl groups excluding tert-OH is 2. The lowest BCUT2D eigenvalue weighted by Gasteiger charge is -2.41. The summed E-state index contributed by atoms with van der Waals surface area (Å²) in [4.78, 5) is 0. The number of hydrogen-bond donors (Lipinski definition) is 3. The fourth-order valence-electron chi connectivity index (χ4n) is 1.44. The molecule has 202 valence electrons. The van der Waals surface area contributed by atoms with Gasteiger partial charge in [-0.1, -0.05) is 0 Å². The highest BCUT2D eigenvalue weighted by Crippen LogP contribution is 2.62. The number of aliphatic hydroxyl groups is 2. The van der Waals surface area contributed by atoms with E-state index in [-0.39, 0.29) is 13.2 Å². The summed E-state index contributed by atoms with van der Waals surface area (Å²) in [5.41, 5.74) is 0. The highest BCUT2D eigenvalue weighted by atomic mass is 32.2. The quantitative estimate of drug-likeness (QED) is 0.214. The Morgan fingerprint density at radius 1 is 0.576 bits per heavy atom. The summed E-state index contributed by atoms with van der Waals surface area (Å²) >= 11 is 0. The molecule has 0 saturated carbocycles. The Morgan fingerprint density at radius 2 is 0.848 bits per heavy atom. The minimum absolute atomic E-state index is 0.194. The van der Waals surface area contributed by atoms with Gasteiger partial charge < -0.3 is 20.1 Å². The van der Waals surface area contributed by atoms with Crippen molar-refractivity contribution in [3.8, 4) is 0 Å². The molecule has 0 aromatic heterocycles. The molecule has 0 bridgehead atoms. The molecule has 6 nitrogen and oxygen atoms in total. The van der Waals surface area contributed by atoms with Crippen LogP contribution in [0.25, 0.3) is 0 Å². The molecular weight excluding hydrogens is 543 g/mol. The molecule has 0 aliphatic rings. The van der Waals surface area contributed by atoms with E-state index < -0.39 is 51.2 Å². The van der Waals surface area contributed by atoms with Crippen LogP contribution in [0.3, 0.4) is 0 Å². The summed E-state index contributed by atoms with van der Waals surface area (Å²) in [7, 11) is -8.01. The zero-order valence-electron chi connectivity index (χ0n) is 15.1. The SMILES string of the molecule is O=S(=O)([O-])C(F)(F)C(F)(F)C(F)(F)C(F)(F)C(F)(F)C(F)(F)C(F)(F)F.OCC[NH2+]CCO. The van der Waals surface area contributed by atoms with Crippen molar-refractivity contribution in [2.45, 2.75) is 41.0 Å². The maximum absolute atomic E-state index is 12.9. The number of hydrogen-bond acceptors (Lipinski definition) is 5. The Balaban J connectivity index is 0. The molecule has 0 radical (unpaired) electrons. The molecule has 0 spiro atoms. The van der Waals surface area contributed by atoms with Crippen molar-refractivity contribution in [3.63, 3.8) is 0 Å². The monoisotopic (exact) mass is 555 g/mol. The minimum atomic E-state index is -8.63. The predicted octanol–water partition coefficient (Wildman–Crippen LogP) is 1.40. The van der Waals surface area contributed by atoms with Gasteiger partial charge in [0.2, 0.25) is 0 Å². The predicted molar refractivity (Wildman–Crippen MR) is 71.3 cm³/mol. The first kappa shape index (κ1) is 33.9. The van der Waals surface area contributed by atoms with Crippen molar-refractivity contribution in [2.75, 3.05) is 26.3 Å². The second kappa shape index (κ2) is 10.2. The molecule has 0 saturated heterocycles. The maximum atomic E-state index is 12.9. The van der Waals surface area contributed by atoms with Crippen molar-refractivity contribution in [2.24, 2.45) is 0 Å². The van der Waals surface area contributed by atoms with E-state index in [2.05, 4.69) is 0 Å². The Morgan fingerprint density at radius 3 is 1.09 bits per heavy atom. The van der Waals surface area contributed by atoms with Crippen LogP contribution in [0.1, 0.15) is 0 Å². The lowest BCUT2D eigenvalue weighted by Crippen LogP contribution is -2.85. The van der Waals surface area contributed by atoms with E-state index in [1.54, 1.807) is 0 Å². The summed E-state index contributed by atoms with van der Waals surface area (Å²) in [6.07, 6.45) is -7.77. The molecule has 0 aromatic rings. The van der Waals surface area contributed by atoms with E-state index in [1.165, 1.54) is 0 Å². The van der Waals surface area contributed by atoms with Crippen LogP contribution >= 0.6 is 0 Å². The molecule has 0 fully saturated rings. The van der Waals surface area contributed by atoms with Crippen LogP contribution in [0, 0.1) is 0 Å². The van der Waals surface area contributed by atoms with E-state index in [0.717, 1.165) is 0 Å². The maximum Gasteiger partial charge on any atom is 0.460 e. The first-order valence-corrected chi connectivity index (χ1v) is 8.90.